The molecule has 0 saturated carbocycles. The molecule has 1 aromatic carbocycles. The molecule has 138 valence electrons. The van der Waals surface area contributed by atoms with Gasteiger partial charge in [-0.1, -0.05) is 13.8 Å². The number of hydrogen-bond acceptors (Lipinski definition) is 2. The number of pyridine rings is 2. The van der Waals surface area contributed by atoms with E-state index in [1.807, 2.05) is 33.0 Å². The first-order valence-electron chi connectivity index (χ1n) is 9.33. The summed E-state index contributed by atoms with van der Waals surface area (Å²) in [5.41, 5.74) is 5.97. The van der Waals surface area contributed by atoms with Crippen LogP contribution in [0.5, 0.6) is 0 Å². The number of benzene rings is 1. The summed E-state index contributed by atoms with van der Waals surface area (Å²) in [5.74, 6) is 0.301. The van der Waals surface area contributed by atoms with Gasteiger partial charge in [-0.15, -0.1) is 0 Å². The fraction of sp³-hybridized carbons (Fsp3) is 0.304. The van der Waals surface area contributed by atoms with Gasteiger partial charge >= 0.3 is 0 Å². The lowest BCUT2D eigenvalue weighted by Gasteiger charge is -2.09. The quantitative estimate of drug-likeness (QED) is 0.455. The summed E-state index contributed by atoms with van der Waals surface area (Å²) < 4.78 is 23.0. The van der Waals surface area contributed by atoms with E-state index in [4.69, 9.17) is 4.42 Å². The van der Waals surface area contributed by atoms with Crippen molar-refractivity contribution in [2.75, 3.05) is 0 Å². The van der Waals surface area contributed by atoms with Crippen LogP contribution in [0.2, 0.25) is 0 Å². The fourth-order valence-corrected chi connectivity index (χ4v) is 3.78. The van der Waals surface area contributed by atoms with E-state index < -0.39 is 0 Å². The summed E-state index contributed by atoms with van der Waals surface area (Å²) in [5, 5.41) is 1.22. The van der Waals surface area contributed by atoms with Crippen LogP contribution in [0.25, 0.3) is 33.3 Å². The Labute approximate surface area is 158 Å². The van der Waals surface area contributed by atoms with Gasteiger partial charge in [-0.3, -0.25) is 0 Å². The number of aromatic nitrogens is 2. The highest BCUT2D eigenvalue weighted by Gasteiger charge is 2.24. The highest BCUT2D eigenvalue weighted by atomic mass is 19.1. The second-order valence-electron chi connectivity index (χ2n) is 7.79. The lowest BCUT2D eigenvalue weighted by Crippen LogP contribution is -2.31. The minimum atomic E-state index is -0.267. The molecule has 0 unspecified atom stereocenters. The van der Waals surface area contributed by atoms with Gasteiger partial charge in [0.15, 0.2) is 11.8 Å². The van der Waals surface area contributed by atoms with Crippen molar-refractivity contribution in [2.45, 2.75) is 34.1 Å². The number of hydrogen-bond donors (Lipinski definition) is 0. The van der Waals surface area contributed by atoms with Gasteiger partial charge in [-0.25, -0.2) is 13.9 Å². The Morgan fingerprint density at radius 3 is 2.67 bits per heavy atom. The first-order chi connectivity index (χ1) is 12.8. The summed E-state index contributed by atoms with van der Waals surface area (Å²) in [7, 11) is 2.01. The highest BCUT2D eigenvalue weighted by molar-refractivity contribution is 6.09. The molecule has 0 radical (unpaired) electrons. The Balaban J connectivity index is 2.06. The van der Waals surface area contributed by atoms with Crippen molar-refractivity contribution in [3.05, 3.63) is 59.2 Å². The molecule has 0 fully saturated rings. The first kappa shape index (κ1) is 17.7. The van der Waals surface area contributed by atoms with Gasteiger partial charge in [0.2, 0.25) is 11.4 Å². The van der Waals surface area contributed by atoms with E-state index in [0.717, 1.165) is 34.3 Å². The molecule has 0 N–H and O–H groups in total. The zero-order valence-electron chi connectivity index (χ0n) is 16.4. The number of rotatable bonds is 3. The lowest BCUT2D eigenvalue weighted by molar-refractivity contribution is -0.660. The molecule has 4 rings (SSSR count). The molecule has 3 aromatic heterocycles. The Bertz CT molecular complexity index is 1170. The molecule has 0 atom stereocenters. The van der Waals surface area contributed by atoms with E-state index in [0.29, 0.717) is 22.6 Å². The van der Waals surface area contributed by atoms with Crippen LogP contribution in [-0.4, -0.2) is 4.98 Å². The van der Waals surface area contributed by atoms with Crippen molar-refractivity contribution in [3.63, 3.8) is 0 Å². The maximum Gasteiger partial charge on any atom is 0.227 e. The van der Waals surface area contributed by atoms with Crippen LogP contribution in [0.3, 0.4) is 0 Å². The van der Waals surface area contributed by atoms with Crippen molar-refractivity contribution < 1.29 is 13.4 Å². The molecular formula is C23H24FN2O+. The molecule has 27 heavy (non-hydrogen) atoms. The molecule has 0 aliphatic rings. The zero-order chi connectivity index (χ0) is 19.3. The lowest BCUT2D eigenvalue weighted by atomic mass is 9.97. The molecule has 0 amide bonds. The molecule has 0 spiro atoms. The third-order valence-corrected chi connectivity index (χ3v) is 5.01. The van der Waals surface area contributed by atoms with Crippen molar-refractivity contribution in [1.82, 2.24) is 4.98 Å². The Morgan fingerprint density at radius 1 is 1.15 bits per heavy atom. The molecule has 0 bridgehead atoms. The van der Waals surface area contributed by atoms with Crippen molar-refractivity contribution in [1.29, 1.82) is 0 Å². The maximum absolute atomic E-state index is 14.9. The van der Waals surface area contributed by atoms with Gasteiger partial charge in [-0.05, 0) is 55.5 Å². The van der Waals surface area contributed by atoms with Crippen molar-refractivity contribution in [2.24, 2.45) is 13.0 Å². The van der Waals surface area contributed by atoms with Gasteiger partial charge in [-0.2, -0.15) is 0 Å². The number of furan rings is 1. The normalized spacial score (nSPS) is 11.8. The molecule has 0 saturated heterocycles. The van der Waals surface area contributed by atoms with Crippen LogP contribution in [0.15, 0.2) is 40.9 Å². The van der Waals surface area contributed by atoms with E-state index in [9.17, 15) is 4.39 Å². The average molecular weight is 363 g/mol. The van der Waals surface area contributed by atoms with E-state index in [1.165, 1.54) is 5.56 Å². The van der Waals surface area contributed by atoms with Crippen LogP contribution in [0, 0.1) is 25.6 Å². The SMILES string of the molecule is Cc1ccc2c(n1)oc1c(-c3cc(CC(C)C)cc[n+]3C)c(C)cc(F)c12. The minimum absolute atomic E-state index is 0.267. The molecule has 3 heterocycles. The van der Waals surface area contributed by atoms with Gasteiger partial charge in [0.25, 0.3) is 0 Å². The maximum atomic E-state index is 14.9. The topological polar surface area (TPSA) is 29.9 Å². The summed E-state index contributed by atoms with van der Waals surface area (Å²) in [6, 6.07) is 9.71. The zero-order valence-corrected chi connectivity index (χ0v) is 16.4. The molecule has 4 aromatic rings. The van der Waals surface area contributed by atoms with Crippen molar-refractivity contribution >= 4 is 22.1 Å². The van der Waals surface area contributed by atoms with Crippen LogP contribution < -0.4 is 4.57 Å². The van der Waals surface area contributed by atoms with Gasteiger partial charge < -0.3 is 4.42 Å². The van der Waals surface area contributed by atoms with E-state index in [1.54, 1.807) is 6.07 Å². The predicted octanol–water partition coefficient (Wildman–Crippen LogP) is 5.43. The second kappa shape index (κ2) is 6.45. The largest absolute Gasteiger partial charge is 0.437 e. The predicted molar refractivity (Wildman–Crippen MR) is 106 cm³/mol. The van der Waals surface area contributed by atoms with Gasteiger partial charge in [0.1, 0.15) is 12.9 Å². The van der Waals surface area contributed by atoms with Crippen LogP contribution in [0.1, 0.15) is 30.7 Å². The Hall–Kier alpha value is -2.75. The van der Waals surface area contributed by atoms with Crippen molar-refractivity contribution in [3.8, 4) is 11.3 Å². The first-order valence-corrected chi connectivity index (χ1v) is 9.33. The number of fused-ring (bicyclic) bond motifs is 3. The minimum Gasteiger partial charge on any atom is -0.437 e. The standard InChI is InChI=1S/C23H24FN2O/c1-13(2)10-16-8-9-26(5)19(12-16)20-14(3)11-18(24)21-17-7-6-15(4)25-23(17)27-22(20)21/h6-9,11-13H,10H2,1-5H3/q+1. The van der Waals surface area contributed by atoms with E-state index >= 15 is 0 Å². The Morgan fingerprint density at radius 2 is 1.93 bits per heavy atom. The molecule has 3 nitrogen and oxygen atoms in total. The third kappa shape index (κ3) is 2.99. The van der Waals surface area contributed by atoms with E-state index in [2.05, 4.69) is 41.7 Å². The fourth-order valence-electron chi connectivity index (χ4n) is 3.78. The summed E-state index contributed by atoms with van der Waals surface area (Å²) in [6.45, 7) is 8.26. The van der Waals surface area contributed by atoms with E-state index in [-0.39, 0.29) is 5.82 Å². The average Bonchev–Trinajstić information content (AvgIpc) is 2.95. The monoisotopic (exact) mass is 363 g/mol. The number of halogens is 1. The molecule has 0 aliphatic heterocycles. The summed E-state index contributed by atoms with van der Waals surface area (Å²) in [4.78, 5) is 4.46. The second-order valence-corrected chi connectivity index (χ2v) is 7.79. The molecule has 0 aliphatic carbocycles. The summed E-state index contributed by atoms with van der Waals surface area (Å²) >= 11 is 0. The number of nitrogens with zero attached hydrogens (tertiary/aromatic N) is 2. The van der Waals surface area contributed by atoms with Gasteiger partial charge in [0.05, 0.1) is 16.3 Å². The smallest absolute Gasteiger partial charge is 0.227 e. The number of aryl methyl sites for hydroxylation is 3. The van der Waals surface area contributed by atoms with Crippen LogP contribution >= 0.6 is 0 Å². The highest BCUT2D eigenvalue weighted by Crippen LogP contribution is 2.38. The van der Waals surface area contributed by atoms with Crippen LogP contribution in [0.4, 0.5) is 4.39 Å². The third-order valence-electron chi connectivity index (χ3n) is 5.01. The Kier molecular flexibility index (Phi) is 4.22. The van der Waals surface area contributed by atoms with Gasteiger partial charge in [0, 0.05) is 17.8 Å². The van der Waals surface area contributed by atoms with Crippen LogP contribution in [-0.2, 0) is 13.5 Å². The molecule has 4 heteroatoms. The summed E-state index contributed by atoms with van der Waals surface area (Å²) in [6.07, 6.45) is 3.06. The molecular weight excluding hydrogens is 339 g/mol.